The summed E-state index contributed by atoms with van der Waals surface area (Å²) in [6.45, 7) is 0.0566. The van der Waals surface area contributed by atoms with Gasteiger partial charge in [0.25, 0.3) is 0 Å². The van der Waals surface area contributed by atoms with Crippen LogP contribution in [-0.2, 0) is 27.4 Å². The van der Waals surface area contributed by atoms with E-state index >= 15 is 0 Å². The Bertz CT molecular complexity index is 1530. The van der Waals surface area contributed by atoms with Gasteiger partial charge < -0.3 is 19.7 Å². The van der Waals surface area contributed by atoms with Crippen LogP contribution in [0.1, 0.15) is 59.6 Å². The second-order valence-electron chi connectivity index (χ2n) is 10.5. The first-order chi connectivity index (χ1) is 20.5. The fourth-order valence-corrected chi connectivity index (χ4v) is 5.42. The number of amides is 2. The van der Waals surface area contributed by atoms with Gasteiger partial charge in [-0.3, -0.25) is 9.59 Å². The number of rotatable bonds is 10. The number of aromatic nitrogens is 3. The summed E-state index contributed by atoms with van der Waals surface area (Å²) < 4.78 is 11.7. The Balaban J connectivity index is 1.53. The maximum atomic E-state index is 14.2. The Morgan fingerprint density at radius 2 is 1.67 bits per heavy atom. The van der Waals surface area contributed by atoms with Gasteiger partial charge in [-0.15, -0.1) is 5.10 Å². The molecule has 0 saturated heterocycles. The Morgan fingerprint density at radius 3 is 2.36 bits per heavy atom. The van der Waals surface area contributed by atoms with Gasteiger partial charge in [-0.2, -0.15) is 0 Å². The molecule has 3 aromatic carbocycles. The minimum Gasteiger partial charge on any atom is -0.497 e. The first-order valence-corrected chi connectivity index (χ1v) is 14.2. The average molecular weight is 570 g/mol. The van der Waals surface area contributed by atoms with Gasteiger partial charge in [0, 0.05) is 12.6 Å². The lowest BCUT2D eigenvalue weighted by atomic mass is 9.94. The van der Waals surface area contributed by atoms with Crippen molar-refractivity contribution in [2.75, 3.05) is 14.2 Å². The van der Waals surface area contributed by atoms with Gasteiger partial charge in [0.15, 0.2) is 0 Å². The minimum atomic E-state index is -0.956. The Labute approximate surface area is 244 Å². The predicted octanol–water partition coefficient (Wildman–Crippen LogP) is 4.45. The van der Waals surface area contributed by atoms with Crippen molar-refractivity contribution in [2.45, 2.75) is 57.3 Å². The van der Waals surface area contributed by atoms with Gasteiger partial charge in [0.05, 0.1) is 25.3 Å². The maximum absolute atomic E-state index is 14.2. The second-order valence-corrected chi connectivity index (χ2v) is 10.5. The lowest BCUT2D eigenvalue weighted by Gasteiger charge is -2.33. The minimum absolute atomic E-state index is 0.0419. The number of fused-ring (bicyclic) bond motifs is 1. The van der Waals surface area contributed by atoms with Crippen LogP contribution in [0.15, 0.2) is 72.8 Å². The van der Waals surface area contributed by atoms with Crippen molar-refractivity contribution < 1.29 is 23.9 Å². The van der Waals surface area contributed by atoms with E-state index in [9.17, 15) is 14.4 Å². The smallest absolute Gasteiger partial charge is 0.337 e. The van der Waals surface area contributed by atoms with Crippen LogP contribution >= 0.6 is 0 Å². The number of ether oxygens (including phenoxy) is 2. The number of hydrogen-bond donors (Lipinski definition) is 1. The van der Waals surface area contributed by atoms with E-state index in [-0.39, 0.29) is 30.9 Å². The molecular formula is C32H35N5O5. The molecule has 1 aromatic heterocycles. The number of nitrogens with one attached hydrogen (secondary N) is 1. The van der Waals surface area contributed by atoms with E-state index in [1.54, 1.807) is 41.0 Å². The van der Waals surface area contributed by atoms with Gasteiger partial charge in [0.1, 0.15) is 23.9 Å². The van der Waals surface area contributed by atoms with Gasteiger partial charge in [-0.1, -0.05) is 60.9 Å². The van der Waals surface area contributed by atoms with Crippen LogP contribution in [0.4, 0.5) is 0 Å². The molecule has 42 heavy (non-hydrogen) atoms. The van der Waals surface area contributed by atoms with Crippen LogP contribution in [0.5, 0.6) is 5.75 Å². The zero-order chi connectivity index (χ0) is 29.5. The summed E-state index contributed by atoms with van der Waals surface area (Å²) in [6, 6.07) is 20.5. The molecule has 1 aliphatic carbocycles. The van der Waals surface area contributed by atoms with E-state index in [0.717, 1.165) is 43.2 Å². The maximum Gasteiger partial charge on any atom is 0.337 e. The molecule has 4 aromatic rings. The highest BCUT2D eigenvalue weighted by atomic mass is 16.5. The summed E-state index contributed by atoms with van der Waals surface area (Å²) in [5.74, 6) is -0.356. The van der Waals surface area contributed by atoms with E-state index in [1.807, 2.05) is 48.5 Å². The molecule has 1 aliphatic rings. The number of methoxy groups -OCH3 is 2. The first-order valence-electron chi connectivity index (χ1n) is 14.2. The molecule has 10 nitrogen and oxygen atoms in total. The standard InChI is InChI=1S/C32H35N5O5/c1-41-26-18-12-22(13-19-26)20-36(29(38)21-37-28-11-7-6-10-27(28)34-35-37)30(31(39)33-25-8-4-3-5-9-25)23-14-16-24(17-15-23)32(40)42-2/h6-7,10-19,25,30H,3-5,8-9,20-21H2,1-2H3,(H,33,39). The van der Waals surface area contributed by atoms with E-state index < -0.39 is 12.0 Å². The number of hydrogen-bond acceptors (Lipinski definition) is 7. The molecule has 1 unspecified atom stereocenters. The third-order valence-electron chi connectivity index (χ3n) is 7.70. The number of esters is 1. The van der Waals surface area contributed by atoms with Gasteiger partial charge >= 0.3 is 5.97 Å². The molecule has 0 aliphatic heterocycles. The largest absolute Gasteiger partial charge is 0.497 e. The molecule has 1 N–H and O–H groups in total. The van der Waals surface area contributed by atoms with Crippen molar-refractivity contribution in [1.82, 2.24) is 25.2 Å². The summed E-state index contributed by atoms with van der Waals surface area (Å²) in [5, 5.41) is 11.6. The van der Waals surface area contributed by atoms with E-state index in [1.165, 1.54) is 7.11 Å². The van der Waals surface area contributed by atoms with Crippen LogP contribution in [0, 0.1) is 0 Å². The summed E-state index contributed by atoms with van der Waals surface area (Å²) in [4.78, 5) is 42.0. The molecule has 1 saturated carbocycles. The third-order valence-corrected chi connectivity index (χ3v) is 7.70. The average Bonchev–Trinajstić information content (AvgIpc) is 3.44. The van der Waals surface area contributed by atoms with Gasteiger partial charge in [-0.05, 0) is 60.4 Å². The van der Waals surface area contributed by atoms with Crippen LogP contribution in [-0.4, -0.2) is 57.9 Å². The van der Waals surface area contributed by atoms with Crippen molar-refractivity contribution >= 4 is 28.8 Å². The molecule has 0 spiro atoms. The fourth-order valence-electron chi connectivity index (χ4n) is 5.42. The molecular weight excluding hydrogens is 534 g/mol. The predicted molar refractivity (Wildman–Crippen MR) is 157 cm³/mol. The first kappa shape index (κ1) is 28.8. The van der Waals surface area contributed by atoms with Gasteiger partial charge in [-0.25, -0.2) is 9.48 Å². The number of carbonyl (C=O) groups is 3. The van der Waals surface area contributed by atoms with Crippen LogP contribution < -0.4 is 10.1 Å². The quantitative estimate of drug-likeness (QED) is 0.281. The number of para-hydroxylation sites is 1. The summed E-state index contributed by atoms with van der Waals surface area (Å²) in [5.41, 5.74) is 3.17. The molecule has 1 atom stereocenters. The SMILES string of the molecule is COC(=O)c1ccc(C(C(=O)NC2CCCCC2)N(Cc2ccc(OC)cc2)C(=O)Cn2nnc3ccccc32)cc1. The van der Waals surface area contributed by atoms with E-state index in [0.29, 0.717) is 22.4 Å². The topological polar surface area (TPSA) is 116 Å². The van der Waals surface area contributed by atoms with Crippen molar-refractivity contribution in [3.63, 3.8) is 0 Å². The van der Waals surface area contributed by atoms with Crippen molar-refractivity contribution in [3.05, 3.63) is 89.5 Å². The molecule has 218 valence electrons. The fraction of sp³-hybridized carbons (Fsp3) is 0.344. The van der Waals surface area contributed by atoms with Crippen LogP contribution in [0.25, 0.3) is 11.0 Å². The highest BCUT2D eigenvalue weighted by Gasteiger charge is 2.33. The Hall–Kier alpha value is -4.73. The number of nitrogens with zero attached hydrogens (tertiary/aromatic N) is 4. The van der Waals surface area contributed by atoms with Crippen molar-refractivity contribution in [3.8, 4) is 5.75 Å². The van der Waals surface area contributed by atoms with Crippen molar-refractivity contribution in [1.29, 1.82) is 0 Å². The summed E-state index contributed by atoms with van der Waals surface area (Å²) in [6.07, 6.45) is 5.06. The summed E-state index contributed by atoms with van der Waals surface area (Å²) >= 11 is 0. The molecule has 1 heterocycles. The molecule has 10 heteroatoms. The Morgan fingerprint density at radius 1 is 0.952 bits per heavy atom. The Kier molecular flexibility index (Phi) is 9.11. The zero-order valence-electron chi connectivity index (χ0n) is 23.9. The molecule has 5 rings (SSSR count). The molecule has 2 amide bonds. The van der Waals surface area contributed by atoms with Crippen LogP contribution in [0.2, 0.25) is 0 Å². The number of benzene rings is 3. The van der Waals surface area contributed by atoms with Crippen LogP contribution in [0.3, 0.4) is 0 Å². The summed E-state index contributed by atoms with van der Waals surface area (Å²) in [7, 11) is 2.91. The van der Waals surface area contributed by atoms with Gasteiger partial charge in [0.2, 0.25) is 11.8 Å². The monoisotopic (exact) mass is 569 g/mol. The molecule has 0 bridgehead atoms. The van der Waals surface area contributed by atoms with Crippen molar-refractivity contribution in [2.24, 2.45) is 0 Å². The highest BCUT2D eigenvalue weighted by Crippen LogP contribution is 2.27. The second kappa shape index (κ2) is 13.3. The number of carbonyl (C=O) groups excluding carboxylic acids is 3. The zero-order valence-corrected chi connectivity index (χ0v) is 23.9. The molecule has 1 fully saturated rings. The van der Waals surface area contributed by atoms with E-state index in [4.69, 9.17) is 9.47 Å². The van der Waals surface area contributed by atoms with E-state index in [2.05, 4.69) is 15.6 Å². The molecule has 0 radical (unpaired) electrons. The lowest BCUT2D eigenvalue weighted by molar-refractivity contribution is -0.142. The third kappa shape index (κ3) is 6.59. The highest BCUT2D eigenvalue weighted by molar-refractivity contribution is 5.91. The normalized spacial score (nSPS) is 14.2. The lowest BCUT2D eigenvalue weighted by Crippen LogP contribution is -2.47.